The summed E-state index contributed by atoms with van der Waals surface area (Å²) in [4.78, 5) is 11.7. The number of fused-ring (bicyclic) bond motifs is 1. The summed E-state index contributed by atoms with van der Waals surface area (Å²) < 4.78 is 11.0. The molecule has 172 valence electrons. The monoisotopic (exact) mass is 452 g/mol. The van der Waals surface area contributed by atoms with Crippen LogP contribution in [0.15, 0.2) is 97.1 Å². The molecule has 0 amide bonds. The molecule has 34 heavy (non-hydrogen) atoms. The van der Waals surface area contributed by atoms with Crippen LogP contribution in [0, 0.1) is 0 Å². The number of aliphatic hydroxyl groups excluding tert-OH is 1. The number of hydrogen-bond donors (Lipinski definition) is 1. The lowest BCUT2D eigenvalue weighted by Crippen LogP contribution is -2.10. The fourth-order valence-corrected chi connectivity index (χ4v) is 3.85. The van der Waals surface area contributed by atoms with Crippen molar-refractivity contribution >= 4 is 16.7 Å². The zero-order valence-electron chi connectivity index (χ0n) is 19.3. The van der Waals surface area contributed by atoms with E-state index in [1.54, 1.807) is 6.92 Å². The molecule has 1 N–H and O–H groups in total. The van der Waals surface area contributed by atoms with Gasteiger partial charge in [0.2, 0.25) is 0 Å². The molecule has 0 aliphatic carbocycles. The maximum absolute atomic E-state index is 11.7. The van der Waals surface area contributed by atoms with Gasteiger partial charge in [0.25, 0.3) is 0 Å². The predicted molar refractivity (Wildman–Crippen MR) is 137 cm³/mol. The summed E-state index contributed by atoms with van der Waals surface area (Å²) in [5.74, 6) is 0.273. The smallest absolute Gasteiger partial charge is 0.333 e. The summed E-state index contributed by atoms with van der Waals surface area (Å²) in [5.41, 5.74) is 5.75. The Morgan fingerprint density at radius 2 is 1.41 bits per heavy atom. The summed E-state index contributed by atoms with van der Waals surface area (Å²) in [6.45, 7) is 5.60. The van der Waals surface area contributed by atoms with Gasteiger partial charge in [-0.2, -0.15) is 0 Å². The lowest BCUT2D eigenvalue weighted by Gasteiger charge is -2.14. The summed E-state index contributed by atoms with van der Waals surface area (Å²) in [7, 11) is 0. The van der Waals surface area contributed by atoms with Gasteiger partial charge in [-0.15, -0.1) is 0 Å². The van der Waals surface area contributed by atoms with Gasteiger partial charge >= 0.3 is 5.97 Å². The second-order valence-electron chi connectivity index (χ2n) is 8.20. The van der Waals surface area contributed by atoms with E-state index in [9.17, 15) is 4.79 Å². The second kappa shape index (κ2) is 10.8. The molecule has 4 aromatic carbocycles. The average Bonchev–Trinajstić information content (AvgIpc) is 2.87. The van der Waals surface area contributed by atoms with E-state index in [4.69, 9.17) is 14.6 Å². The molecule has 0 unspecified atom stereocenters. The Hall–Kier alpha value is -3.89. The number of hydrogen-bond acceptors (Lipinski definition) is 4. The highest BCUT2D eigenvalue weighted by atomic mass is 16.5. The molecular formula is C30H28O4. The molecule has 0 saturated heterocycles. The Balaban J connectivity index is 1.56. The van der Waals surface area contributed by atoms with Gasteiger partial charge in [-0.1, -0.05) is 73.3 Å². The minimum atomic E-state index is -0.404. The molecular weight excluding hydrogens is 424 g/mol. The summed E-state index contributed by atoms with van der Waals surface area (Å²) >= 11 is 0. The molecule has 0 saturated carbocycles. The van der Waals surface area contributed by atoms with Gasteiger partial charge < -0.3 is 14.6 Å². The van der Waals surface area contributed by atoms with Crippen molar-refractivity contribution < 1.29 is 19.4 Å². The Bertz CT molecular complexity index is 1310. The molecule has 0 atom stereocenters. The molecule has 4 heteroatoms. The molecule has 0 aliphatic rings. The Kier molecular flexibility index (Phi) is 7.41. The molecule has 0 aliphatic heterocycles. The molecule has 0 bridgehead atoms. The summed E-state index contributed by atoms with van der Waals surface area (Å²) in [6, 6.07) is 29.3. The Morgan fingerprint density at radius 3 is 2.09 bits per heavy atom. The summed E-state index contributed by atoms with van der Waals surface area (Å²) in [6.07, 6.45) is 0.503. The Labute approximate surface area is 200 Å². The third-order valence-electron chi connectivity index (χ3n) is 5.66. The average molecular weight is 453 g/mol. The van der Waals surface area contributed by atoms with E-state index in [2.05, 4.69) is 73.3 Å². The van der Waals surface area contributed by atoms with E-state index < -0.39 is 5.97 Å². The molecule has 0 aromatic heterocycles. The molecule has 4 rings (SSSR count). The first kappa shape index (κ1) is 23.3. The number of esters is 1. The van der Waals surface area contributed by atoms with Crippen molar-refractivity contribution in [3.8, 4) is 28.0 Å². The van der Waals surface area contributed by atoms with E-state index in [-0.39, 0.29) is 19.8 Å². The van der Waals surface area contributed by atoms with Gasteiger partial charge in [0.1, 0.15) is 12.4 Å². The first-order chi connectivity index (χ1) is 16.5. The molecule has 0 spiro atoms. The van der Waals surface area contributed by atoms with Crippen molar-refractivity contribution in [2.75, 3.05) is 19.8 Å². The highest BCUT2D eigenvalue weighted by molar-refractivity contribution is 5.88. The van der Waals surface area contributed by atoms with Crippen LogP contribution in [0.3, 0.4) is 0 Å². The van der Waals surface area contributed by atoms with E-state index in [1.165, 1.54) is 16.3 Å². The van der Waals surface area contributed by atoms with Gasteiger partial charge in [-0.25, -0.2) is 4.79 Å². The molecule has 0 heterocycles. The van der Waals surface area contributed by atoms with E-state index >= 15 is 0 Å². The van der Waals surface area contributed by atoms with Crippen molar-refractivity contribution in [3.05, 3.63) is 103 Å². The third-order valence-corrected chi connectivity index (χ3v) is 5.66. The quantitative estimate of drug-likeness (QED) is 0.242. The van der Waals surface area contributed by atoms with Crippen LogP contribution >= 0.6 is 0 Å². The van der Waals surface area contributed by atoms with Gasteiger partial charge in [-0.05, 0) is 63.7 Å². The molecule has 4 nitrogen and oxygen atoms in total. The van der Waals surface area contributed by atoms with Gasteiger partial charge in [0.05, 0.1) is 13.2 Å². The van der Waals surface area contributed by atoms with Gasteiger partial charge in [0.15, 0.2) is 0 Å². The third kappa shape index (κ3) is 5.53. The van der Waals surface area contributed by atoms with Gasteiger partial charge in [-0.3, -0.25) is 0 Å². The lowest BCUT2D eigenvalue weighted by atomic mass is 9.97. The number of carbonyl (C=O) groups excluding carboxylic acids is 1. The highest BCUT2D eigenvalue weighted by Gasteiger charge is 2.10. The molecule has 0 fully saturated rings. The number of aliphatic hydroxyl groups is 1. The van der Waals surface area contributed by atoms with Gasteiger partial charge in [0, 0.05) is 12.0 Å². The van der Waals surface area contributed by atoms with Crippen molar-refractivity contribution in [2.24, 2.45) is 0 Å². The maximum atomic E-state index is 11.7. The largest absolute Gasteiger partial charge is 0.491 e. The predicted octanol–water partition coefficient (Wildman–Crippen LogP) is 6.21. The summed E-state index contributed by atoms with van der Waals surface area (Å²) in [5, 5.41) is 11.6. The van der Waals surface area contributed by atoms with Crippen LogP contribution in [0.25, 0.3) is 33.0 Å². The van der Waals surface area contributed by atoms with Crippen LogP contribution in [0.4, 0.5) is 0 Å². The van der Waals surface area contributed by atoms with Crippen LogP contribution in [-0.4, -0.2) is 30.9 Å². The van der Waals surface area contributed by atoms with Crippen LogP contribution in [0.5, 0.6) is 5.75 Å². The van der Waals surface area contributed by atoms with Crippen molar-refractivity contribution in [1.29, 1.82) is 0 Å². The van der Waals surface area contributed by atoms with E-state index in [1.807, 2.05) is 18.2 Å². The topological polar surface area (TPSA) is 55.8 Å². The second-order valence-corrected chi connectivity index (χ2v) is 8.20. The lowest BCUT2D eigenvalue weighted by molar-refractivity contribution is -0.138. The zero-order valence-corrected chi connectivity index (χ0v) is 19.3. The zero-order chi connectivity index (χ0) is 23.9. The first-order valence-corrected chi connectivity index (χ1v) is 11.3. The van der Waals surface area contributed by atoms with Crippen molar-refractivity contribution in [2.45, 2.75) is 13.3 Å². The SMILES string of the molecule is C=C(C)C(=O)OCCc1cc(-c2ccc(-c3ccc4ccccc4c3)cc2)ccc1OCCO. The number of ether oxygens (including phenoxy) is 2. The van der Waals surface area contributed by atoms with Crippen LogP contribution in [-0.2, 0) is 16.0 Å². The highest BCUT2D eigenvalue weighted by Crippen LogP contribution is 2.30. The minimum absolute atomic E-state index is 0.0674. The first-order valence-electron chi connectivity index (χ1n) is 11.3. The Morgan fingerprint density at radius 1 is 0.794 bits per heavy atom. The number of rotatable bonds is 9. The van der Waals surface area contributed by atoms with Crippen LogP contribution < -0.4 is 4.74 Å². The van der Waals surface area contributed by atoms with Crippen molar-refractivity contribution in [1.82, 2.24) is 0 Å². The maximum Gasteiger partial charge on any atom is 0.333 e. The van der Waals surface area contributed by atoms with E-state index in [0.29, 0.717) is 17.7 Å². The fourth-order valence-electron chi connectivity index (χ4n) is 3.85. The van der Waals surface area contributed by atoms with E-state index in [0.717, 1.165) is 22.3 Å². The van der Waals surface area contributed by atoms with Crippen LogP contribution in [0.1, 0.15) is 12.5 Å². The molecule has 0 radical (unpaired) electrons. The molecule has 4 aromatic rings. The van der Waals surface area contributed by atoms with Crippen LogP contribution in [0.2, 0.25) is 0 Å². The number of benzene rings is 4. The normalized spacial score (nSPS) is 10.8. The fraction of sp³-hybridized carbons (Fsp3) is 0.167. The standard InChI is InChI=1S/C30H28O4/c1-21(2)30(32)34-17-15-28-20-27(13-14-29(28)33-18-16-31)24-9-7-23(8-10-24)26-12-11-22-5-3-4-6-25(22)19-26/h3-14,19-20,31H,1,15-18H2,2H3. The van der Waals surface area contributed by atoms with Crippen molar-refractivity contribution in [3.63, 3.8) is 0 Å². The number of carbonyl (C=O) groups is 1. The minimum Gasteiger partial charge on any atom is -0.491 e.